The Morgan fingerprint density at radius 1 is 1.31 bits per heavy atom. The lowest BCUT2D eigenvalue weighted by atomic mass is 9.87. The number of aliphatic hydroxyl groups is 1. The van der Waals surface area contributed by atoms with E-state index < -0.39 is 29.6 Å². The molecule has 4 rings (SSSR count). The number of alkyl halides is 2. The molecule has 0 radical (unpaired) electrons. The molecule has 1 aliphatic rings. The number of benzene rings is 1. The van der Waals surface area contributed by atoms with Crippen LogP contribution in [0.25, 0.3) is 11.0 Å². The topological polar surface area (TPSA) is 102 Å². The summed E-state index contributed by atoms with van der Waals surface area (Å²) in [6.45, 7) is 8.86. The molecule has 1 aromatic carbocycles. The molecule has 1 atom stereocenters. The van der Waals surface area contributed by atoms with Crippen LogP contribution in [0.1, 0.15) is 62.9 Å². The number of β-amino-alcohol motifs (C(OH)–C–C–N with tert-alkyl or cyclic N) is 1. The molecule has 35 heavy (non-hydrogen) atoms. The third-order valence-corrected chi connectivity index (χ3v) is 6.34. The molecule has 1 fully saturated rings. The Hall–Kier alpha value is -2.63. The lowest BCUT2D eigenvalue weighted by Gasteiger charge is -2.43. The zero-order chi connectivity index (χ0) is 25.7. The zero-order valence-corrected chi connectivity index (χ0v) is 20.7. The van der Waals surface area contributed by atoms with Crippen molar-refractivity contribution in [3.63, 3.8) is 0 Å². The first kappa shape index (κ1) is 25.5. The number of halogens is 4. The lowest BCUT2D eigenvalue weighted by Crippen LogP contribution is -2.50. The summed E-state index contributed by atoms with van der Waals surface area (Å²) in [5, 5.41) is 14.0. The van der Waals surface area contributed by atoms with Crippen molar-refractivity contribution in [2.24, 2.45) is 0 Å². The predicted octanol–water partition coefficient (Wildman–Crippen LogP) is 4.32. The first-order valence-corrected chi connectivity index (χ1v) is 11.7. The van der Waals surface area contributed by atoms with Crippen molar-refractivity contribution in [3.8, 4) is 5.75 Å². The highest BCUT2D eigenvalue weighted by atomic mass is 35.5. The van der Waals surface area contributed by atoms with Crippen molar-refractivity contribution in [1.82, 2.24) is 24.6 Å². The van der Waals surface area contributed by atoms with Crippen molar-refractivity contribution < 1.29 is 23.0 Å². The molecule has 3 N–H and O–H groups in total. The molecular formula is C23H28ClF3N6O2. The van der Waals surface area contributed by atoms with Gasteiger partial charge in [-0.1, -0.05) is 11.6 Å². The number of nitrogen functional groups attached to an aromatic ring is 1. The van der Waals surface area contributed by atoms with E-state index in [0.29, 0.717) is 30.9 Å². The van der Waals surface area contributed by atoms with Gasteiger partial charge in [0.05, 0.1) is 34.2 Å². The number of ether oxygens (including phenoxy) is 1. The Kier molecular flexibility index (Phi) is 6.87. The average Bonchev–Trinajstić information content (AvgIpc) is 3.14. The van der Waals surface area contributed by atoms with E-state index in [4.69, 9.17) is 22.1 Å². The summed E-state index contributed by atoms with van der Waals surface area (Å²) in [6, 6.07) is 0.654. The van der Waals surface area contributed by atoms with Gasteiger partial charge in [0.2, 0.25) is 0 Å². The van der Waals surface area contributed by atoms with E-state index in [0.717, 1.165) is 6.33 Å². The molecule has 2 aromatic heterocycles. The van der Waals surface area contributed by atoms with Crippen LogP contribution in [0.15, 0.2) is 12.4 Å². The standard InChI is InChI=1S/C23H28ClF3N6O2/c1-5-35-19-13(12-7-32(8-12)9-23(3,4)34)6-14(24)17(25)15(19)11(2)33-22-16(18(31-33)20(26)27)21(28)29-10-30-22/h6,10-12,20,34H,5,7-9H2,1-4H3,(H2,28,29,30). The van der Waals surface area contributed by atoms with E-state index >= 15 is 4.39 Å². The van der Waals surface area contributed by atoms with Crippen LogP contribution in [0.5, 0.6) is 5.75 Å². The van der Waals surface area contributed by atoms with Gasteiger partial charge in [-0.05, 0) is 33.8 Å². The van der Waals surface area contributed by atoms with E-state index in [1.54, 1.807) is 33.8 Å². The summed E-state index contributed by atoms with van der Waals surface area (Å²) in [6.07, 6.45) is -1.78. The Balaban J connectivity index is 1.81. The molecule has 1 aliphatic heterocycles. The van der Waals surface area contributed by atoms with Gasteiger partial charge in [0, 0.05) is 31.1 Å². The maximum atomic E-state index is 15.5. The van der Waals surface area contributed by atoms with Crippen molar-refractivity contribution in [1.29, 1.82) is 0 Å². The third kappa shape index (κ3) is 4.76. The van der Waals surface area contributed by atoms with Crippen LogP contribution in [0.4, 0.5) is 19.0 Å². The van der Waals surface area contributed by atoms with Crippen LogP contribution in [0, 0.1) is 5.82 Å². The SMILES string of the molecule is CCOc1c(C2CN(CC(C)(C)O)C2)cc(Cl)c(F)c1C(C)n1nc(C(F)F)c2c(N)ncnc21. The largest absolute Gasteiger partial charge is 0.493 e. The van der Waals surface area contributed by atoms with E-state index in [1.165, 1.54) is 4.68 Å². The summed E-state index contributed by atoms with van der Waals surface area (Å²) in [5.74, 6) is -0.559. The Bertz CT molecular complexity index is 1240. The fourth-order valence-corrected chi connectivity index (χ4v) is 4.86. The highest BCUT2D eigenvalue weighted by Gasteiger charge is 2.36. The molecular weight excluding hydrogens is 485 g/mol. The molecule has 1 saturated heterocycles. The van der Waals surface area contributed by atoms with Crippen LogP contribution in [0.3, 0.4) is 0 Å². The van der Waals surface area contributed by atoms with Crippen molar-refractivity contribution in [2.45, 2.75) is 51.7 Å². The van der Waals surface area contributed by atoms with Crippen LogP contribution in [-0.2, 0) is 0 Å². The Labute approximate surface area is 205 Å². The summed E-state index contributed by atoms with van der Waals surface area (Å²) < 4.78 is 50.1. The van der Waals surface area contributed by atoms with Crippen LogP contribution < -0.4 is 10.5 Å². The van der Waals surface area contributed by atoms with Gasteiger partial charge in [-0.25, -0.2) is 27.8 Å². The molecule has 0 saturated carbocycles. The summed E-state index contributed by atoms with van der Waals surface area (Å²) >= 11 is 6.31. The van der Waals surface area contributed by atoms with Crippen molar-refractivity contribution in [2.75, 3.05) is 32.0 Å². The minimum Gasteiger partial charge on any atom is -0.493 e. The second-order valence-electron chi connectivity index (χ2n) is 9.40. The smallest absolute Gasteiger partial charge is 0.282 e. The number of hydrogen-bond donors (Lipinski definition) is 2. The fraction of sp³-hybridized carbons (Fsp3) is 0.522. The van der Waals surface area contributed by atoms with Crippen molar-refractivity contribution >= 4 is 28.5 Å². The number of nitrogens with zero attached hydrogens (tertiary/aromatic N) is 5. The quantitative estimate of drug-likeness (QED) is 0.463. The van der Waals surface area contributed by atoms with Gasteiger partial charge in [0.15, 0.2) is 11.5 Å². The minimum absolute atomic E-state index is 0.00749. The normalized spacial score (nSPS) is 16.2. The lowest BCUT2D eigenvalue weighted by molar-refractivity contribution is 0.00701. The van der Waals surface area contributed by atoms with Crippen LogP contribution in [-0.4, -0.2) is 61.6 Å². The molecule has 0 spiro atoms. The van der Waals surface area contributed by atoms with Crippen LogP contribution in [0.2, 0.25) is 5.02 Å². The van der Waals surface area contributed by atoms with Gasteiger partial charge < -0.3 is 15.6 Å². The summed E-state index contributed by atoms with van der Waals surface area (Å²) in [4.78, 5) is 9.98. The first-order valence-electron chi connectivity index (χ1n) is 11.3. The molecule has 0 bridgehead atoms. The molecule has 12 heteroatoms. The maximum Gasteiger partial charge on any atom is 0.282 e. The molecule has 3 aromatic rings. The van der Waals surface area contributed by atoms with Gasteiger partial charge in [-0.15, -0.1) is 0 Å². The van der Waals surface area contributed by atoms with Gasteiger partial charge in [0.25, 0.3) is 6.43 Å². The number of anilines is 1. The fourth-order valence-electron chi connectivity index (χ4n) is 4.64. The average molecular weight is 513 g/mol. The maximum absolute atomic E-state index is 15.5. The third-order valence-electron chi connectivity index (χ3n) is 6.07. The van der Waals surface area contributed by atoms with Gasteiger partial charge >= 0.3 is 0 Å². The Morgan fingerprint density at radius 2 is 2.00 bits per heavy atom. The van der Waals surface area contributed by atoms with E-state index in [9.17, 15) is 13.9 Å². The molecule has 3 heterocycles. The molecule has 1 unspecified atom stereocenters. The molecule has 190 valence electrons. The number of fused-ring (bicyclic) bond motifs is 1. The minimum atomic E-state index is -2.93. The number of aromatic nitrogens is 4. The molecule has 0 amide bonds. The number of nitrogens with two attached hydrogens (primary N) is 1. The summed E-state index contributed by atoms with van der Waals surface area (Å²) in [7, 11) is 0. The number of likely N-dealkylation sites (tertiary alicyclic amines) is 1. The van der Waals surface area contributed by atoms with Gasteiger partial charge in [0.1, 0.15) is 23.6 Å². The number of rotatable bonds is 8. The second kappa shape index (κ2) is 9.44. The van der Waals surface area contributed by atoms with E-state index in [2.05, 4.69) is 20.0 Å². The van der Waals surface area contributed by atoms with Crippen LogP contribution >= 0.6 is 11.6 Å². The zero-order valence-electron chi connectivity index (χ0n) is 19.9. The highest BCUT2D eigenvalue weighted by molar-refractivity contribution is 6.31. The van der Waals surface area contributed by atoms with Gasteiger partial charge in [-0.2, -0.15) is 5.10 Å². The Morgan fingerprint density at radius 3 is 2.60 bits per heavy atom. The molecule has 8 nitrogen and oxygen atoms in total. The highest BCUT2D eigenvalue weighted by Crippen LogP contribution is 2.44. The first-order chi connectivity index (χ1) is 16.4. The van der Waals surface area contributed by atoms with Gasteiger partial charge in [-0.3, -0.25) is 4.90 Å². The number of hydrogen-bond acceptors (Lipinski definition) is 7. The van der Waals surface area contributed by atoms with E-state index in [1.807, 2.05) is 0 Å². The summed E-state index contributed by atoms with van der Waals surface area (Å²) in [5.41, 5.74) is 5.29. The monoisotopic (exact) mass is 512 g/mol. The van der Waals surface area contributed by atoms with E-state index in [-0.39, 0.29) is 40.0 Å². The second-order valence-corrected chi connectivity index (χ2v) is 9.81. The molecule has 0 aliphatic carbocycles. The predicted molar refractivity (Wildman–Crippen MR) is 127 cm³/mol. The van der Waals surface area contributed by atoms with Crippen molar-refractivity contribution in [3.05, 3.63) is 40.1 Å².